The van der Waals surface area contributed by atoms with Crippen LogP contribution in [0.3, 0.4) is 0 Å². The number of amides is 1. The number of hydrogen-bond acceptors (Lipinski definition) is 1. The SMILES string of the molecule is CCC(C(=O)N[C@@H](C)c1ccccc1)(C(F)(F)F)C(F)(F)F. The predicted octanol–water partition coefficient (Wildman–Crippen LogP) is 4.38. The van der Waals surface area contributed by atoms with E-state index >= 15 is 0 Å². The fourth-order valence-corrected chi connectivity index (χ4v) is 2.12. The normalized spacial score (nSPS) is 14.5. The molecule has 0 saturated heterocycles. The van der Waals surface area contributed by atoms with Gasteiger partial charge in [0.05, 0.1) is 6.04 Å². The van der Waals surface area contributed by atoms with E-state index in [-0.39, 0.29) is 0 Å². The van der Waals surface area contributed by atoms with Crippen LogP contribution in [0, 0.1) is 5.41 Å². The predicted molar refractivity (Wildman–Crippen MR) is 67.8 cm³/mol. The highest BCUT2D eigenvalue weighted by molar-refractivity contribution is 5.84. The molecule has 0 saturated carbocycles. The number of alkyl halides is 6. The minimum absolute atomic E-state index is 0.408. The van der Waals surface area contributed by atoms with Crippen LogP contribution in [0.4, 0.5) is 26.3 Å². The number of benzene rings is 1. The lowest BCUT2D eigenvalue weighted by molar-refractivity contribution is -0.326. The molecule has 0 spiro atoms. The lowest BCUT2D eigenvalue weighted by Crippen LogP contribution is -2.59. The van der Waals surface area contributed by atoms with Gasteiger partial charge in [0, 0.05) is 0 Å². The van der Waals surface area contributed by atoms with Crippen molar-refractivity contribution in [1.29, 1.82) is 0 Å². The quantitative estimate of drug-likeness (QED) is 0.817. The summed E-state index contributed by atoms with van der Waals surface area (Å²) >= 11 is 0. The van der Waals surface area contributed by atoms with E-state index in [0.717, 1.165) is 0 Å². The van der Waals surface area contributed by atoms with E-state index in [0.29, 0.717) is 12.5 Å². The van der Waals surface area contributed by atoms with E-state index in [2.05, 4.69) is 0 Å². The highest BCUT2D eigenvalue weighted by Gasteiger charge is 2.74. The summed E-state index contributed by atoms with van der Waals surface area (Å²) in [6, 6.07) is 6.79. The van der Waals surface area contributed by atoms with Gasteiger partial charge in [-0.05, 0) is 18.9 Å². The summed E-state index contributed by atoms with van der Waals surface area (Å²) in [5, 5.41) is 1.82. The zero-order valence-electron chi connectivity index (χ0n) is 11.8. The van der Waals surface area contributed by atoms with Crippen molar-refractivity contribution in [2.24, 2.45) is 5.41 Å². The van der Waals surface area contributed by atoms with Gasteiger partial charge in [0.25, 0.3) is 0 Å². The van der Waals surface area contributed by atoms with Crippen LogP contribution in [-0.2, 0) is 4.79 Å². The lowest BCUT2D eigenvalue weighted by Gasteiger charge is -2.35. The Morgan fingerprint density at radius 1 is 1.05 bits per heavy atom. The van der Waals surface area contributed by atoms with E-state index in [4.69, 9.17) is 0 Å². The first kappa shape index (κ1) is 18.3. The molecule has 0 unspecified atom stereocenters. The smallest absolute Gasteiger partial charge is 0.349 e. The third-order valence-electron chi connectivity index (χ3n) is 3.53. The molecule has 0 aliphatic carbocycles. The summed E-state index contributed by atoms with van der Waals surface area (Å²) in [4.78, 5) is 11.8. The Labute approximate surface area is 123 Å². The van der Waals surface area contributed by atoms with Gasteiger partial charge in [-0.1, -0.05) is 37.3 Å². The van der Waals surface area contributed by atoms with Gasteiger partial charge in [0.1, 0.15) is 0 Å². The van der Waals surface area contributed by atoms with Gasteiger partial charge in [-0.2, -0.15) is 26.3 Å². The maximum Gasteiger partial charge on any atom is 0.412 e. The molecule has 0 fully saturated rings. The lowest BCUT2D eigenvalue weighted by atomic mass is 9.82. The van der Waals surface area contributed by atoms with Gasteiger partial charge in [-0.25, -0.2) is 0 Å². The summed E-state index contributed by atoms with van der Waals surface area (Å²) in [6.07, 6.45) is -12.9. The van der Waals surface area contributed by atoms with Gasteiger partial charge in [-0.3, -0.25) is 4.79 Å². The fourth-order valence-electron chi connectivity index (χ4n) is 2.12. The number of hydrogen-bond donors (Lipinski definition) is 1. The summed E-state index contributed by atoms with van der Waals surface area (Å²) < 4.78 is 78.0. The van der Waals surface area contributed by atoms with Crippen LogP contribution in [-0.4, -0.2) is 18.3 Å². The molecule has 8 heteroatoms. The zero-order chi connectivity index (χ0) is 17.2. The number of nitrogens with one attached hydrogen (secondary N) is 1. The van der Waals surface area contributed by atoms with Crippen molar-refractivity contribution < 1.29 is 31.1 Å². The molecule has 1 rings (SSSR count). The number of carbonyl (C=O) groups is 1. The largest absolute Gasteiger partial charge is 0.412 e. The van der Waals surface area contributed by atoms with Crippen LogP contribution in [0.1, 0.15) is 31.9 Å². The first-order chi connectivity index (χ1) is 9.97. The van der Waals surface area contributed by atoms with E-state index in [1.54, 1.807) is 18.2 Å². The summed E-state index contributed by atoms with van der Waals surface area (Å²) in [6.45, 7) is 2.01. The molecule has 1 aromatic rings. The third-order valence-corrected chi connectivity index (χ3v) is 3.53. The van der Waals surface area contributed by atoms with Crippen molar-refractivity contribution >= 4 is 5.91 Å². The minimum Gasteiger partial charge on any atom is -0.349 e. The van der Waals surface area contributed by atoms with Crippen LogP contribution < -0.4 is 5.32 Å². The van der Waals surface area contributed by atoms with Crippen molar-refractivity contribution in [2.75, 3.05) is 0 Å². The molecule has 0 aromatic heterocycles. The highest BCUT2D eigenvalue weighted by atomic mass is 19.4. The Bertz CT molecular complexity index is 494. The summed E-state index contributed by atoms with van der Waals surface area (Å²) in [7, 11) is 0. The zero-order valence-corrected chi connectivity index (χ0v) is 11.8. The molecular formula is C14H15F6NO. The van der Waals surface area contributed by atoms with E-state index in [9.17, 15) is 31.1 Å². The van der Waals surface area contributed by atoms with Crippen molar-refractivity contribution in [1.82, 2.24) is 5.32 Å². The first-order valence-electron chi connectivity index (χ1n) is 6.46. The maximum atomic E-state index is 13.0. The molecule has 1 N–H and O–H groups in total. The van der Waals surface area contributed by atoms with Gasteiger partial charge in [0.2, 0.25) is 11.3 Å². The number of carbonyl (C=O) groups excluding carboxylic acids is 1. The van der Waals surface area contributed by atoms with Gasteiger partial charge >= 0.3 is 12.4 Å². The highest BCUT2D eigenvalue weighted by Crippen LogP contribution is 2.52. The molecule has 0 aliphatic heterocycles. The maximum absolute atomic E-state index is 13.0. The Morgan fingerprint density at radius 3 is 1.86 bits per heavy atom. The molecule has 22 heavy (non-hydrogen) atoms. The topological polar surface area (TPSA) is 29.1 Å². The molecule has 0 radical (unpaired) electrons. The number of halogens is 6. The molecule has 0 aliphatic rings. The van der Waals surface area contributed by atoms with Crippen molar-refractivity contribution in [2.45, 2.75) is 38.7 Å². The third kappa shape index (κ3) is 3.20. The average molecular weight is 327 g/mol. The van der Waals surface area contributed by atoms with Gasteiger partial charge in [0.15, 0.2) is 0 Å². The van der Waals surface area contributed by atoms with Crippen molar-refractivity contribution in [3.8, 4) is 0 Å². The molecule has 0 heterocycles. The summed E-state index contributed by atoms with van der Waals surface area (Å²) in [5.74, 6) is -2.09. The second kappa shape index (κ2) is 6.18. The Kier molecular flexibility index (Phi) is 5.14. The van der Waals surface area contributed by atoms with Crippen molar-refractivity contribution in [3.05, 3.63) is 35.9 Å². The second-order valence-corrected chi connectivity index (χ2v) is 4.86. The van der Waals surface area contributed by atoms with Gasteiger partial charge < -0.3 is 5.32 Å². The molecule has 1 aromatic carbocycles. The number of rotatable bonds is 4. The van der Waals surface area contributed by atoms with Crippen LogP contribution in [0.5, 0.6) is 0 Å². The Morgan fingerprint density at radius 2 is 1.50 bits per heavy atom. The van der Waals surface area contributed by atoms with Crippen LogP contribution in [0.2, 0.25) is 0 Å². The van der Waals surface area contributed by atoms with Gasteiger partial charge in [-0.15, -0.1) is 0 Å². The standard InChI is InChI=1S/C14H15F6NO/c1-3-12(13(15,16)17,14(18,19)20)11(22)21-9(2)10-7-5-4-6-8-10/h4-9H,3H2,1-2H3,(H,21,22)/t9-/m0/s1. The van der Waals surface area contributed by atoms with E-state index in [1.165, 1.54) is 19.1 Å². The molecule has 2 nitrogen and oxygen atoms in total. The molecular weight excluding hydrogens is 312 g/mol. The second-order valence-electron chi connectivity index (χ2n) is 4.86. The van der Waals surface area contributed by atoms with E-state index < -0.39 is 36.1 Å². The molecule has 0 bridgehead atoms. The van der Waals surface area contributed by atoms with Crippen LogP contribution >= 0.6 is 0 Å². The van der Waals surface area contributed by atoms with Crippen LogP contribution in [0.15, 0.2) is 30.3 Å². The minimum atomic E-state index is -5.74. The average Bonchev–Trinajstić information content (AvgIpc) is 2.37. The molecule has 1 amide bonds. The van der Waals surface area contributed by atoms with E-state index in [1.807, 2.05) is 5.32 Å². The van der Waals surface area contributed by atoms with Crippen LogP contribution in [0.25, 0.3) is 0 Å². The Hall–Kier alpha value is -1.73. The molecule has 124 valence electrons. The fraction of sp³-hybridized carbons (Fsp3) is 0.500. The Balaban J connectivity index is 3.14. The summed E-state index contributed by atoms with van der Waals surface area (Å²) in [5.41, 5.74) is -4.01. The monoisotopic (exact) mass is 327 g/mol. The first-order valence-corrected chi connectivity index (χ1v) is 6.46. The van der Waals surface area contributed by atoms with Crippen molar-refractivity contribution in [3.63, 3.8) is 0 Å². The molecule has 1 atom stereocenters.